The minimum Gasteiger partial charge on any atom is -0.448 e. The fourth-order valence-electron chi connectivity index (χ4n) is 4.03. The topological polar surface area (TPSA) is 127 Å². The van der Waals surface area contributed by atoms with Gasteiger partial charge >= 0.3 is 5.97 Å². The van der Waals surface area contributed by atoms with Crippen molar-refractivity contribution in [3.8, 4) is 0 Å². The van der Waals surface area contributed by atoms with Gasteiger partial charge in [0.15, 0.2) is 6.10 Å². The molecule has 1 amide bonds. The summed E-state index contributed by atoms with van der Waals surface area (Å²) in [6.45, 7) is 1.95. The van der Waals surface area contributed by atoms with Gasteiger partial charge in [-0.15, -0.1) is 16.9 Å². The maximum atomic E-state index is 13.7. The summed E-state index contributed by atoms with van der Waals surface area (Å²) in [7, 11) is 0. The van der Waals surface area contributed by atoms with E-state index in [-0.39, 0.29) is 22.2 Å². The van der Waals surface area contributed by atoms with Gasteiger partial charge in [0.05, 0.1) is 0 Å². The molecule has 0 saturated carbocycles. The molecule has 5 rings (SSSR count). The van der Waals surface area contributed by atoms with Gasteiger partial charge in [0.2, 0.25) is 11.1 Å². The number of carbonyl (C=O) groups excluding carboxylic acids is 2. The second-order valence-electron chi connectivity index (χ2n) is 7.88. The molecule has 1 aromatic heterocycles. The van der Waals surface area contributed by atoms with Crippen LogP contribution in [0, 0.1) is 0 Å². The SMILES string of the molecule is CC(Sc1nnn[nH]1)C1=C(C(=O)OC(c2ccccc2)c2ccccc2)N2C(=O)[C@@H](N)[C@@H]2SC1. The Morgan fingerprint density at radius 1 is 1.18 bits per heavy atom. The highest BCUT2D eigenvalue weighted by atomic mass is 32.2. The molecular weight excluding hydrogens is 472 g/mol. The average molecular weight is 495 g/mol. The largest absolute Gasteiger partial charge is 0.448 e. The van der Waals surface area contributed by atoms with Crippen molar-refractivity contribution < 1.29 is 14.3 Å². The quantitative estimate of drug-likeness (QED) is 0.289. The zero-order chi connectivity index (χ0) is 23.7. The zero-order valence-corrected chi connectivity index (χ0v) is 19.8. The standard InChI is InChI=1S/C23H22N6O3S2/c1-13(34-23-25-27-28-26-23)16-12-33-21-17(24)20(30)29(21)18(16)22(31)32-19(14-8-4-2-5-9-14)15-10-6-3-7-11-15/h2-11,13,17,19,21H,12,24H2,1H3,(H,25,26,27,28)/t13?,17-,21+/m1/s1. The number of benzene rings is 2. The third-order valence-electron chi connectivity index (χ3n) is 5.77. The van der Waals surface area contributed by atoms with Crippen LogP contribution >= 0.6 is 23.5 Å². The van der Waals surface area contributed by atoms with Crippen LogP contribution in [0.25, 0.3) is 0 Å². The first-order valence-electron chi connectivity index (χ1n) is 10.7. The number of H-pyrrole nitrogens is 1. The van der Waals surface area contributed by atoms with Gasteiger partial charge in [-0.25, -0.2) is 9.89 Å². The lowest BCUT2D eigenvalue weighted by Gasteiger charge is -2.49. The van der Waals surface area contributed by atoms with Gasteiger partial charge in [-0.2, -0.15) is 0 Å². The first kappa shape index (κ1) is 22.6. The Labute approximate surface area is 204 Å². The number of hydrogen-bond donors (Lipinski definition) is 2. The third kappa shape index (κ3) is 4.22. The summed E-state index contributed by atoms with van der Waals surface area (Å²) in [6, 6.07) is 18.5. The number of tetrazole rings is 1. The monoisotopic (exact) mass is 494 g/mol. The van der Waals surface area contributed by atoms with Gasteiger partial charge in [-0.05, 0) is 34.1 Å². The highest BCUT2D eigenvalue weighted by Gasteiger charge is 2.52. The number of aromatic amines is 1. The number of ether oxygens (including phenoxy) is 1. The summed E-state index contributed by atoms with van der Waals surface area (Å²) in [4.78, 5) is 27.9. The van der Waals surface area contributed by atoms with E-state index >= 15 is 0 Å². The molecule has 0 radical (unpaired) electrons. The van der Waals surface area contributed by atoms with Crippen molar-refractivity contribution in [3.63, 3.8) is 0 Å². The van der Waals surface area contributed by atoms with E-state index in [1.807, 2.05) is 67.6 Å². The normalized spacial score (nSPS) is 20.7. The molecule has 34 heavy (non-hydrogen) atoms. The molecule has 3 heterocycles. The number of thioether (sulfide) groups is 2. The molecule has 3 N–H and O–H groups in total. The van der Waals surface area contributed by atoms with E-state index < -0.39 is 18.1 Å². The van der Waals surface area contributed by atoms with E-state index in [0.717, 1.165) is 16.7 Å². The molecule has 3 atom stereocenters. The van der Waals surface area contributed by atoms with Crippen LogP contribution in [0.15, 0.2) is 77.1 Å². The first-order chi connectivity index (χ1) is 16.5. The predicted octanol–water partition coefficient (Wildman–Crippen LogP) is 2.51. The Balaban J connectivity index is 1.51. The van der Waals surface area contributed by atoms with Gasteiger partial charge in [-0.1, -0.05) is 72.4 Å². The van der Waals surface area contributed by atoms with Crippen LogP contribution in [-0.2, 0) is 14.3 Å². The molecule has 2 aliphatic rings. The molecule has 1 fully saturated rings. The average Bonchev–Trinajstić information content (AvgIpc) is 3.39. The molecule has 9 nitrogen and oxygen atoms in total. The summed E-state index contributed by atoms with van der Waals surface area (Å²) in [5.74, 6) is -0.290. The van der Waals surface area contributed by atoms with Crippen molar-refractivity contribution in [2.45, 2.75) is 34.8 Å². The van der Waals surface area contributed by atoms with Crippen LogP contribution in [0.5, 0.6) is 0 Å². The molecule has 1 unspecified atom stereocenters. The van der Waals surface area contributed by atoms with Crippen molar-refractivity contribution >= 4 is 35.4 Å². The number of aromatic nitrogens is 4. The number of fused-ring (bicyclic) bond motifs is 1. The van der Waals surface area contributed by atoms with Crippen LogP contribution in [0.2, 0.25) is 0 Å². The molecule has 0 bridgehead atoms. The van der Waals surface area contributed by atoms with Crippen molar-refractivity contribution in [1.29, 1.82) is 0 Å². The van der Waals surface area contributed by atoms with Crippen LogP contribution in [0.4, 0.5) is 0 Å². The van der Waals surface area contributed by atoms with E-state index in [0.29, 0.717) is 10.9 Å². The minimum absolute atomic E-state index is 0.178. The predicted molar refractivity (Wildman–Crippen MR) is 128 cm³/mol. The summed E-state index contributed by atoms with van der Waals surface area (Å²) in [6.07, 6.45) is -0.622. The van der Waals surface area contributed by atoms with Crippen molar-refractivity contribution in [2.75, 3.05) is 5.75 Å². The van der Waals surface area contributed by atoms with E-state index in [1.54, 1.807) is 11.8 Å². The van der Waals surface area contributed by atoms with Crippen LogP contribution in [-0.4, -0.2) is 59.8 Å². The third-order valence-corrected chi connectivity index (χ3v) is 8.12. The lowest BCUT2D eigenvalue weighted by Crippen LogP contribution is -2.68. The Bertz CT molecular complexity index is 1170. The highest BCUT2D eigenvalue weighted by Crippen LogP contribution is 2.43. The number of nitrogens with zero attached hydrogens (tertiary/aromatic N) is 4. The van der Waals surface area contributed by atoms with Gasteiger partial charge in [0, 0.05) is 11.0 Å². The fourth-order valence-corrected chi connectivity index (χ4v) is 6.40. The number of hydrogen-bond acceptors (Lipinski definition) is 9. The molecule has 2 aromatic carbocycles. The number of β-lactam (4-membered cyclic amide) rings is 1. The Morgan fingerprint density at radius 3 is 2.41 bits per heavy atom. The molecule has 1 saturated heterocycles. The minimum atomic E-state index is -0.630. The smallest absolute Gasteiger partial charge is 0.356 e. The molecule has 2 aliphatic heterocycles. The van der Waals surface area contributed by atoms with E-state index in [2.05, 4.69) is 20.6 Å². The summed E-state index contributed by atoms with van der Waals surface area (Å²) in [5, 5.41) is 13.9. The molecular formula is C23H22N6O3S2. The summed E-state index contributed by atoms with van der Waals surface area (Å²) in [5.41, 5.74) is 8.76. The number of nitrogens with two attached hydrogens (primary N) is 1. The van der Waals surface area contributed by atoms with Gasteiger partial charge in [-0.3, -0.25) is 9.69 Å². The molecule has 11 heteroatoms. The number of nitrogens with one attached hydrogen (secondary N) is 1. The molecule has 174 valence electrons. The van der Waals surface area contributed by atoms with Gasteiger partial charge < -0.3 is 10.5 Å². The summed E-state index contributed by atoms with van der Waals surface area (Å²) < 4.78 is 6.12. The number of carbonyl (C=O) groups is 2. The lowest BCUT2D eigenvalue weighted by atomic mass is 10.0. The van der Waals surface area contributed by atoms with Crippen molar-refractivity contribution in [2.24, 2.45) is 5.73 Å². The lowest BCUT2D eigenvalue weighted by molar-refractivity contribution is -0.153. The maximum Gasteiger partial charge on any atom is 0.356 e. The Morgan fingerprint density at radius 2 is 1.82 bits per heavy atom. The summed E-state index contributed by atoms with van der Waals surface area (Å²) >= 11 is 2.93. The second-order valence-corrected chi connectivity index (χ2v) is 10.3. The van der Waals surface area contributed by atoms with Gasteiger partial charge in [0.25, 0.3) is 0 Å². The number of esters is 1. The second kappa shape index (κ2) is 9.61. The van der Waals surface area contributed by atoms with E-state index in [4.69, 9.17) is 10.5 Å². The highest BCUT2D eigenvalue weighted by molar-refractivity contribution is 8.01. The van der Waals surface area contributed by atoms with Crippen LogP contribution in [0.1, 0.15) is 24.2 Å². The van der Waals surface area contributed by atoms with Crippen molar-refractivity contribution in [3.05, 3.63) is 83.1 Å². The van der Waals surface area contributed by atoms with Crippen LogP contribution in [0.3, 0.4) is 0 Å². The van der Waals surface area contributed by atoms with Crippen molar-refractivity contribution in [1.82, 2.24) is 25.5 Å². The first-order valence-corrected chi connectivity index (χ1v) is 12.6. The molecule has 0 aliphatic carbocycles. The Kier molecular flexibility index (Phi) is 6.40. The number of amides is 1. The fraction of sp³-hybridized carbons (Fsp3) is 0.261. The Hall–Kier alpha value is -3.15. The zero-order valence-electron chi connectivity index (χ0n) is 18.2. The van der Waals surface area contributed by atoms with E-state index in [9.17, 15) is 9.59 Å². The molecule has 3 aromatic rings. The van der Waals surface area contributed by atoms with E-state index in [1.165, 1.54) is 16.7 Å². The van der Waals surface area contributed by atoms with Crippen LogP contribution < -0.4 is 5.73 Å². The van der Waals surface area contributed by atoms with Gasteiger partial charge in [0.1, 0.15) is 17.1 Å². The molecule has 0 spiro atoms. The number of rotatable bonds is 7. The maximum absolute atomic E-state index is 13.7.